The van der Waals surface area contributed by atoms with Gasteiger partial charge in [-0.05, 0) is 12.1 Å². The van der Waals surface area contributed by atoms with E-state index >= 15 is 0 Å². The van der Waals surface area contributed by atoms with Crippen molar-refractivity contribution in [2.75, 3.05) is 13.7 Å². The molecule has 7 heteroatoms. The molecule has 0 unspecified atom stereocenters. The lowest BCUT2D eigenvalue weighted by atomic mass is 10.3. The van der Waals surface area contributed by atoms with Crippen molar-refractivity contribution in [3.05, 3.63) is 35.9 Å². The van der Waals surface area contributed by atoms with E-state index in [9.17, 15) is 0 Å². The van der Waals surface area contributed by atoms with Crippen molar-refractivity contribution in [3.63, 3.8) is 0 Å². The summed E-state index contributed by atoms with van der Waals surface area (Å²) in [4.78, 5) is 9.21. The molecule has 114 valence electrons. The van der Waals surface area contributed by atoms with Gasteiger partial charge >= 0.3 is 0 Å². The topological polar surface area (TPSA) is 67.8 Å². The molecular formula is C15H17N5OS. The fourth-order valence-electron chi connectivity index (χ4n) is 2.66. The quantitative estimate of drug-likeness (QED) is 0.722. The van der Waals surface area contributed by atoms with Gasteiger partial charge in [-0.3, -0.25) is 4.68 Å². The first-order valence-electron chi connectivity index (χ1n) is 7.24. The van der Waals surface area contributed by atoms with Crippen molar-refractivity contribution < 1.29 is 4.74 Å². The van der Waals surface area contributed by atoms with Crippen LogP contribution < -0.4 is 10.1 Å². The monoisotopic (exact) mass is 315 g/mol. The van der Waals surface area contributed by atoms with Gasteiger partial charge in [-0.25, -0.2) is 4.98 Å². The van der Waals surface area contributed by atoms with Crippen LogP contribution in [-0.4, -0.2) is 33.4 Å². The third-order valence-corrected chi connectivity index (χ3v) is 4.88. The van der Waals surface area contributed by atoms with Crippen LogP contribution in [0.3, 0.4) is 0 Å². The van der Waals surface area contributed by atoms with Crippen molar-refractivity contribution in [1.82, 2.24) is 25.1 Å². The van der Waals surface area contributed by atoms with Gasteiger partial charge in [0.1, 0.15) is 11.6 Å². The summed E-state index contributed by atoms with van der Waals surface area (Å²) >= 11 is 1.77. The molecular weight excluding hydrogens is 298 g/mol. The molecule has 0 radical (unpaired) electrons. The van der Waals surface area contributed by atoms with Crippen LogP contribution >= 0.6 is 11.8 Å². The maximum atomic E-state index is 5.24. The number of aromatic amines is 1. The molecule has 0 saturated carbocycles. The molecule has 0 aliphatic carbocycles. The van der Waals surface area contributed by atoms with E-state index in [0.717, 1.165) is 48.0 Å². The minimum Gasteiger partial charge on any atom is -0.497 e. The second-order valence-corrected chi connectivity index (χ2v) is 6.23. The van der Waals surface area contributed by atoms with E-state index in [1.165, 1.54) is 10.6 Å². The Hall–Kier alpha value is -1.99. The van der Waals surface area contributed by atoms with Crippen LogP contribution in [0.15, 0.2) is 29.3 Å². The fraction of sp³-hybridized carbons (Fsp3) is 0.333. The summed E-state index contributed by atoms with van der Waals surface area (Å²) in [5, 5.41) is 7.83. The summed E-state index contributed by atoms with van der Waals surface area (Å²) in [7, 11) is 1.67. The summed E-state index contributed by atoms with van der Waals surface area (Å²) in [5.74, 6) is 2.61. The minimum absolute atomic E-state index is 0.801. The zero-order chi connectivity index (χ0) is 14.9. The lowest BCUT2D eigenvalue weighted by Gasteiger charge is -2.15. The SMILES string of the molecule is COc1ccc2nc(CSc3cnn4c3CNCC4)[nH]c2c1. The molecule has 2 aromatic heterocycles. The highest BCUT2D eigenvalue weighted by molar-refractivity contribution is 7.98. The van der Waals surface area contributed by atoms with Gasteiger partial charge in [-0.2, -0.15) is 5.10 Å². The predicted octanol–water partition coefficient (Wildman–Crippen LogP) is 2.16. The number of aromatic nitrogens is 4. The smallest absolute Gasteiger partial charge is 0.121 e. The molecule has 0 fully saturated rings. The molecule has 0 amide bonds. The largest absolute Gasteiger partial charge is 0.497 e. The lowest BCUT2D eigenvalue weighted by molar-refractivity contribution is 0.415. The Bertz CT molecular complexity index is 809. The molecule has 6 nitrogen and oxygen atoms in total. The molecule has 1 aromatic carbocycles. The standard InChI is InChI=1S/C15H17N5OS/c1-21-10-2-3-11-12(6-10)19-15(18-11)9-22-14-8-17-20-5-4-16-7-13(14)20/h2-3,6,8,16H,4-5,7,9H2,1H3,(H,18,19). The number of rotatable bonds is 4. The molecule has 4 rings (SSSR count). The highest BCUT2D eigenvalue weighted by Gasteiger charge is 2.15. The summed E-state index contributed by atoms with van der Waals surface area (Å²) < 4.78 is 7.33. The average Bonchev–Trinajstić information content (AvgIpc) is 3.15. The number of hydrogen-bond acceptors (Lipinski definition) is 5. The number of fused-ring (bicyclic) bond motifs is 2. The van der Waals surface area contributed by atoms with E-state index in [4.69, 9.17) is 4.74 Å². The minimum atomic E-state index is 0.801. The molecule has 0 saturated heterocycles. The number of methoxy groups -OCH3 is 1. The number of ether oxygens (including phenoxy) is 1. The molecule has 3 aromatic rings. The Morgan fingerprint density at radius 1 is 1.41 bits per heavy atom. The van der Waals surface area contributed by atoms with Crippen LogP contribution in [0.1, 0.15) is 11.5 Å². The normalized spacial score (nSPS) is 14.2. The zero-order valence-corrected chi connectivity index (χ0v) is 13.1. The van der Waals surface area contributed by atoms with Crippen LogP contribution in [0.4, 0.5) is 0 Å². The second-order valence-electron chi connectivity index (χ2n) is 5.21. The molecule has 0 bridgehead atoms. The van der Waals surface area contributed by atoms with Gasteiger partial charge in [0.15, 0.2) is 0 Å². The molecule has 3 heterocycles. The number of nitrogens with zero attached hydrogens (tertiary/aromatic N) is 3. The average molecular weight is 315 g/mol. The summed E-state index contributed by atoms with van der Waals surface area (Å²) in [5.41, 5.74) is 3.25. The highest BCUT2D eigenvalue weighted by atomic mass is 32.2. The van der Waals surface area contributed by atoms with Crippen molar-refractivity contribution >= 4 is 22.8 Å². The van der Waals surface area contributed by atoms with E-state index in [-0.39, 0.29) is 0 Å². The van der Waals surface area contributed by atoms with Gasteiger partial charge in [-0.1, -0.05) is 0 Å². The van der Waals surface area contributed by atoms with Crippen molar-refractivity contribution in [2.45, 2.75) is 23.7 Å². The van der Waals surface area contributed by atoms with Crippen molar-refractivity contribution in [3.8, 4) is 5.75 Å². The van der Waals surface area contributed by atoms with E-state index in [1.54, 1.807) is 18.9 Å². The number of hydrogen-bond donors (Lipinski definition) is 2. The summed E-state index contributed by atoms with van der Waals surface area (Å²) in [6.07, 6.45) is 1.96. The molecule has 22 heavy (non-hydrogen) atoms. The summed E-state index contributed by atoms with van der Waals surface area (Å²) in [6.45, 7) is 2.82. The van der Waals surface area contributed by atoms with E-state index in [1.807, 2.05) is 24.4 Å². The highest BCUT2D eigenvalue weighted by Crippen LogP contribution is 2.27. The van der Waals surface area contributed by atoms with Crippen LogP contribution in [0, 0.1) is 0 Å². The Kier molecular flexibility index (Phi) is 3.51. The molecule has 1 aliphatic rings. The fourth-order valence-corrected chi connectivity index (χ4v) is 3.55. The van der Waals surface area contributed by atoms with Crippen molar-refractivity contribution in [2.24, 2.45) is 0 Å². The van der Waals surface area contributed by atoms with E-state index < -0.39 is 0 Å². The maximum absolute atomic E-state index is 5.24. The first-order chi connectivity index (χ1) is 10.8. The Labute approximate surface area is 132 Å². The van der Waals surface area contributed by atoms with Gasteiger partial charge in [-0.15, -0.1) is 11.8 Å². The molecule has 1 aliphatic heterocycles. The van der Waals surface area contributed by atoms with Crippen LogP contribution in [-0.2, 0) is 18.8 Å². The van der Waals surface area contributed by atoms with Gasteiger partial charge in [0.2, 0.25) is 0 Å². The Balaban J connectivity index is 1.53. The zero-order valence-electron chi connectivity index (χ0n) is 12.3. The van der Waals surface area contributed by atoms with Gasteiger partial charge < -0.3 is 15.0 Å². The molecule has 2 N–H and O–H groups in total. The number of H-pyrrole nitrogens is 1. The number of imidazole rings is 1. The van der Waals surface area contributed by atoms with Crippen LogP contribution in [0.5, 0.6) is 5.75 Å². The van der Waals surface area contributed by atoms with Gasteiger partial charge in [0.25, 0.3) is 0 Å². The van der Waals surface area contributed by atoms with E-state index in [0.29, 0.717) is 0 Å². The van der Waals surface area contributed by atoms with Gasteiger partial charge in [0, 0.05) is 19.2 Å². The van der Waals surface area contributed by atoms with E-state index in [2.05, 4.69) is 25.1 Å². The number of benzene rings is 1. The lowest BCUT2D eigenvalue weighted by Crippen LogP contribution is -2.28. The second kappa shape index (κ2) is 5.66. The predicted molar refractivity (Wildman–Crippen MR) is 86.1 cm³/mol. The van der Waals surface area contributed by atoms with Crippen molar-refractivity contribution in [1.29, 1.82) is 0 Å². The summed E-state index contributed by atoms with van der Waals surface area (Å²) in [6, 6.07) is 5.88. The molecule has 0 spiro atoms. The maximum Gasteiger partial charge on any atom is 0.121 e. The first-order valence-corrected chi connectivity index (χ1v) is 8.23. The van der Waals surface area contributed by atoms with Crippen LogP contribution in [0.2, 0.25) is 0 Å². The third-order valence-electron chi connectivity index (χ3n) is 3.81. The van der Waals surface area contributed by atoms with Gasteiger partial charge in [0.05, 0.1) is 47.2 Å². The Morgan fingerprint density at radius 3 is 3.27 bits per heavy atom. The van der Waals surface area contributed by atoms with Crippen LogP contribution in [0.25, 0.3) is 11.0 Å². The number of thioether (sulfide) groups is 1. The Morgan fingerprint density at radius 2 is 2.36 bits per heavy atom. The third kappa shape index (κ3) is 2.46. The number of nitrogens with one attached hydrogen (secondary N) is 2. The molecule has 0 atom stereocenters. The first kappa shape index (κ1) is 13.7.